The number of nitro benzene ring substituents is 1. The van der Waals surface area contributed by atoms with Crippen molar-refractivity contribution in [2.24, 2.45) is 0 Å². The maximum atomic E-state index is 12.2. The van der Waals surface area contributed by atoms with Gasteiger partial charge in [0.2, 0.25) is 10.0 Å². The number of hydrogen-bond donors (Lipinski definition) is 2. The smallest absolute Gasteiger partial charge is 0.312 e. The summed E-state index contributed by atoms with van der Waals surface area (Å²) in [6.45, 7) is 1.75. The van der Waals surface area contributed by atoms with E-state index in [1.54, 1.807) is 12.3 Å². The van der Waals surface area contributed by atoms with E-state index in [2.05, 4.69) is 9.71 Å². The van der Waals surface area contributed by atoms with Crippen molar-refractivity contribution in [1.29, 1.82) is 0 Å². The van der Waals surface area contributed by atoms with Crippen LogP contribution in [0.4, 0.5) is 11.4 Å². The summed E-state index contributed by atoms with van der Waals surface area (Å²) >= 11 is 1.39. The van der Waals surface area contributed by atoms with E-state index in [1.807, 2.05) is 0 Å². The highest BCUT2D eigenvalue weighted by molar-refractivity contribution is 7.89. The molecule has 112 valence electrons. The topological polar surface area (TPSA) is 128 Å². The minimum absolute atomic E-state index is 0.0430. The van der Waals surface area contributed by atoms with Gasteiger partial charge in [0.25, 0.3) is 0 Å². The molecule has 0 saturated heterocycles. The summed E-state index contributed by atoms with van der Waals surface area (Å²) in [5.74, 6) is 0. The van der Waals surface area contributed by atoms with E-state index in [0.717, 1.165) is 11.1 Å². The lowest BCUT2D eigenvalue weighted by molar-refractivity contribution is -0.386. The number of aryl methyl sites for hydroxylation is 1. The second-order valence-electron chi connectivity index (χ2n) is 4.13. The van der Waals surface area contributed by atoms with Gasteiger partial charge in [0.1, 0.15) is 5.69 Å². The second-order valence-corrected chi connectivity index (χ2v) is 6.93. The lowest BCUT2D eigenvalue weighted by atomic mass is 10.3. The molecule has 0 bridgehead atoms. The zero-order chi connectivity index (χ0) is 15.6. The fourth-order valence-corrected chi connectivity index (χ4v) is 3.50. The molecule has 0 atom stereocenters. The molecule has 1 aromatic carbocycles. The predicted octanol–water partition coefficient (Wildman–Crippen LogP) is 1.42. The van der Waals surface area contributed by atoms with Crippen molar-refractivity contribution in [2.45, 2.75) is 18.4 Å². The third-order valence-corrected chi connectivity index (χ3v) is 4.87. The highest BCUT2D eigenvalue weighted by atomic mass is 32.2. The molecule has 0 amide bonds. The molecule has 0 saturated carbocycles. The first kappa shape index (κ1) is 15.4. The average Bonchev–Trinajstić information content (AvgIpc) is 2.82. The summed E-state index contributed by atoms with van der Waals surface area (Å²) < 4.78 is 26.7. The van der Waals surface area contributed by atoms with E-state index in [0.29, 0.717) is 5.69 Å². The maximum Gasteiger partial charge on any atom is 0.312 e. The first-order chi connectivity index (χ1) is 9.81. The standard InChI is InChI=1S/C11H12N4O4S2/c1-7-14-8(6-20-7)5-13-21(18,19)10-4-2-3-9(12)11(10)15(16)17/h2-4,6,13H,5,12H2,1H3. The van der Waals surface area contributed by atoms with Crippen LogP contribution in [0.2, 0.25) is 0 Å². The molecule has 1 heterocycles. The van der Waals surface area contributed by atoms with Gasteiger partial charge in [0.05, 0.1) is 22.2 Å². The highest BCUT2D eigenvalue weighted by Crippen LogP contribution is 2.29. The number of nitrogens with one attached hydrogen (secondary N) is 1. The minimum Gasteiger partial charge on any atom is -0.393 e. The number of nitrogens with zero attached hydrogens (tertiary/aromatic N) is 2. The molecule has 2 aromatic rings. The zero-order valence-electron chi connectivity index (χ0n) is 10.9. The van der Waals surface area contributed by atoms with Crippen LogP contribution in [-0.4, -0.2) is 18.3 Å². The van der Waals surface area contributed by atoms with Gasteiger partial charge in [-0.1, -0.05) is 6.07 Å². The van der Waals surface area contributed by atoms with Gasteiger partial charge < -0.3 is 5.73 Å². The van der Waals surface area contributed by atoms with Crippen molar-refractivity contribution in [2.75, 3.05) is 5.73 Å². The molecule has 2 rings (SSSR count). The van der Waals surface area contributed by atoms with Crippen LogP contribution in [0.15, 0.2) is 28.5 Å². The molecule has 21 heavy (non-hydrogen) atoms. The van der Waals surface area contributed by atoms with Gasteiger partial charge in [-0.25, -0.2) is 18.1 Å². The van der Waals surface area contributed by atoms with Crippen molar-refractivity contribution in [3.63, 3.8) is 0 Å². The number of para-hydroxylation sites is 1. The van der Waals surface area contributed by atoms with Crippen LogP contribution in [0.5, 0.6) is 0 Å². The number of aromatic nitrogens is 1. The Kier molecular flexibility index (Phi) is 4.21. The summed E-state index contributed by atoms with van der Waals surface area (Å²) in [7, 11) is -4.05. The second kappa shape index (κ2) is 5.76. The number of sulfonamides is 1. The van der Waals surface area contributed by atoms with Crippen LogP contribution in [0, 0.1) is 17.0 Å². The fraction of sp³-hybridized carbons (Fsp3) is 0.182. The molecule has 0 spiro atoms. The van der Waals surface area contributed by atoms with Crippen LogP contribution in [0.25, 0.3) is 0 Å². The predicted molar refractivity (Wildman–Crippen MR) is 78.4 cm³/mol. The monoisotopic (exact) mass is 328 g/mol. The third kappa shape index (κ3) is 3.35. The molecular formula is C11H12N4O4S2. The van der Waals surface area contributed by atoms with Gasteiger partial charge in [-0.2, -0.15) is 0 Å². The third-order valence-electron chi connectivity index (χ3n) is 2.61. The minimum atomic E-state index is -4.05. The molecule has 0 aliphatic rings. The molecule has 3 N–H and O–H groups in total. The first-order valence-corrected chi connectivity index (χ1v) is 8.11. The average molecular weight is 328 g/mol. The quantitative estimate of drug-likeness (QED) is 0.485. The summed E-state index contributed by atoms with van der Waals surface area (Å²) in [4.78, 5) is 13.8. The van der Waals surface area contributed by atoms with E-state index in [4.69, 9.17) is 5.73 Å². The molecular weight excluding hydrogens is 316 g/mol. The molecule has 0 aliphatic heterocycles. The molecule has 8 nitrogen and oxygen atoms in total. The van der Waals surface area contributed by atoms with Gasteiger partial charge in [-0.3, -0.25) is 10.1 Å². The zero-order valence-corrected chi connectivity index (χ0v) is 12.6. The fourth-order valence-electron chi connectivity index (χ4n) is 1.69. The number of thiazole rings is 1. The molecule has 10 heteroatoms. The molecule has 0 radical (unpaired) electrons. The lowest BCUT2D eigenvalue weighted by Gasteiger charge is -2.07. The number of benzene rings is 1. The Bertz CT molecular complexity index is 785. The van der Waals surface area contributed by atoms with Crippen LogP contribution >= 0.6 is 11.3 Å². The Morgan fingerprint density at radius 1 is 1.48 bits per heavy atom. The van der Waals surface area contributed by atoms with Gasteiger partial charge >= 0.3 is 5.69 Å². The van der Waals surface area contributed by atoms with E-state index >= 15 is 0 Å². The van der Waals surface area contributed by atoms with Crippen LogP contribution < -0.4 is 10.5 Å². The van der Waals surface area contributed by atoms with Crippen LogP contribution in [0.1, 0.15) is 10.7 Å². The largest absolute Gasteiger partial charge is 0.393 e. The number of hydrogen-bond acceptors (Lipinski definition) is 7. The van der Waals surface area contributed by atoms with E-state index < -0.39 is 25.5 Å². The molecule has 0 unspecified atom stereocenters. The van der Waals surface area contributed by atoms with Crippen molar-refractivity contribution < 1.29 is 13.3 Å². The van der Waals surface area contributed by atoms with Crippen molar-refractivity contribution in [3.05, 3.63) is 44.4 Å². The van der Waals surface area contributed by atoms with E-state index in [9.17, 15) is 18.5 Å². The SMILES string of the molecule is Cc1nc(CNS(=O)(=O)c2cccc(N)c2[N+](=O)[O-])cs1. The summed E-state index contributed by atoms with van der Waals surface area (Å²) in [5, 5.41) is 13.5. The van der Waals surface area contributed by atoms with Crippen LogP contribution in [-0.2, 0) is 16.6 Å². The van der Waals surface area contributed by atoms with Gasteiger partial charge in [0.15, 0.2) is 4.90 Å². The summed E-state index contributed by atoms with van der Waals surface area (Å²) in [5.41, 5.74) is 5.21. The van der Waals surface area contributed by atoms with Crippen LogP contribution in [0.3, 0.4) is 0 Å². The van der Waals surface area contributed by atoms with Gasteiger partial charge in [-0.05, 0) is 19.1 Å². The van der Waals surface area contributed by atoms with E-state index in [-0.39, 0.29) is 12.2 Å². The van der Waals surface area contributed by atoms with Gasteiger partial charge in [0, 0.05) is 5.38 Å². The molecule has 0 fully saturated rings. The Labute approximate surface area is 124 Å². The number of rotatable bonds is 5. The lowest BCUT2D eigenvalue weighted by Crippen LogP contribution is -2.24. The molecule has 1 aromatic heterocycles. The number of nitrogen functional groups attached to an aromatic ring is 1. The Hall–Kier alpha value is -2.04. The molecule has 0 aliphatic carbocycles. The number of nitro groups is 1. The Morgan fingerprint density at radius 3 is 2.76 bits per heavy atom. The van der Waals surface area contributed by atoms with E-state index in [1.165, 1.54) is 23.5 Å². The number of nitrogens with two attached hydrogens (primary N) is 1. The Morgan fingerprint density at radius 2 is 2.19 bits per heavy atom. The first-order valence-electron chi connectivity index (χ1n) is 5.75. The van der Waals surface area contributed by atoms with Gasteiger partial charge in [-0.15, -0.1) is 11.3 Å². The summed E-state index contributed by atoms with van der Waals surface area (Å²) in [6, 6.07) is 3.77. The van der Waals surface area contributed by atoms with Crippen molar-refractivity contribution in [1.82, 2.24) is 9.71 Å². The maximum absolute atomic E-state index is 12.2. The summed E-state index contributed by atoms with van der Waals surface area (Å²) in [6.07, 6.45) is 0. The van der Waals surface area contributed by atoms with Crippen molar-refractivity contribution in [3.8, 4) is 0 Å². The number of anilines is 1. The van der Waals surface area contributed by atoms with Crippen molar-refractivity contribution >= 4 is 32.7 Å². The normalized spacial score (nSPS) is 11.5. The Balaban J connectivity index is 2.32. The highest BCUT2D eigenvalue weighted by Gasteiger charge is 2.27.